The number of hydrogen-bond acceptors (Lipinski definition) is 4. The molecule has 2 saturated heterocycles. The van der Waals surface area contributed by atoms with Gasteiger partial charge in [0.2, 0.25) is 0 Å². The third kappa shape index (κ3) is 8.09. The van der Waals surface area contributed by atoms with Crippen molar-refractivity contribution >= 4 is 47.4 Å². The molecule has 0 aliphatic carbocycles. The molecule has 8 heteroatoms. The lowest BCUT2D eigenvalue weighted by Gasteiger charge is -2.26. The second-order valence-corrected chi connectivity index (χ2v) is 8.25. The number of piperidine rings is 1. The minimum Gasteiger partial charge on any atom is -0.356 e. The van der Waals surface area contributed by atoms with E-state index in [-0.39, 0.29) is 24.0 Å². The first-order chi connectivity index (χ1) is 13.8. The summed E-state index contributed by atoms with van der Waals surface area (Å²) in [6, 6.07) is 4.13. The lowest BCUT2D eigenvalue weighted by molar-refractivity contribution is 0.224. The molecule has 1 aromatic heterocycles. The normalized spacial score (nSPS) is 20.4. The molecule has 2 N–H and O–H groups in total. The highest BCUT2D eigenvalue weighted by atomic mass is 127. The highest BCUT2D eigenvalue weighted by Crippen LogP contribution is 2.25. The van der Waals surface area contributed by atoms with Gasteiger partial charge in [0, 0.05) is 38.9 Å². The van der Waals surface area contributed by atoms with Crippen molar-refractivity contribution < 1.29 is 0 Å². The monoisotopic (exact) mass is 534 g/mol. The van der Waals surface area contributed by atoms with Gasteiger partial charge in [-0.3, -0.25) is 4.99 Å². The number of rotatable bonds is 8. The van der Waals surface area contributed by atoms with Crippen LogP contribution < -0.4 is 15.5 Å². The third-order valence-corrected chi connectivity index (χ3v) is 5.98. The molecule has 2 aliphatic heterocycles. The minimum atomic E-state index is 0. The Balaban J connectivity index is 0.00000300. The number of nitrogens with zero attached hydrogens (tertiary/aromatic N) is 4. The summed E-state index contributed by atoms with van der Waals surface area (Å²) in [7, 11) is 1.84. The van der Waals surface area contributed by atoms with Crippen LogP contribution in [0.2, 0.25) is 5.02 Å². The van der Waals surface area contributed by atoms with Crippen LogP contribution in [0.1, 0.15) is 44.9 Å². The lowest BCUT2D eigenvalue weighted by atomic mass is 10.1. The Morgan fingerprint density at radius 2 is 2.03 bits per heavy atom. The maximum Gasteiger partial charge on any atom is 0.191 e. The van der Waals surface area contributed by atoms with Crippen LogP contribution in [0.3, 0.4) is 0 Å². The topological polar surface area (TPSA) is 55.8 Å². The van der Waals surface area contributed by atoms with Crippen LogP contribution in [0.25, 0.3) is 0 Å². The molecule has 29 heavy (non-hydrogen) atoms. The number of anilines is 1. The average molecular weight is 535 g/mol. The number of nitrogens with one attached hydrogen (secondary N) is 2. The van der Waals surface area contributed by atoms with E-state index in [1.165, 1.54) is 58.2 Å². The molecular weight excluding hydrogens is 499 g/mol. The van der Waals surface area contributed by atoms with Crippen molar-refractivity contribution in [2.24, 2.45) is 4.99 Å². The molecule has 0 amide bonds. The van der Waals surface area contributed by atoms with E-state index < -0.39 is 0 Å². The maximum absolute atomic E-state index is 6.28. The molecule has 2 aliphatic rings. The van der Waals surface area contributed by atoms with Gasteiger partial charge in [0.05, 0.1) is 5.02 Å². The predicted octanol–water partition coefficient (Wildman–Crippen LogP) is 3.75. The highest BCUT2D eigenvalue weighted by Gasteiger charge is 2.25. The van der Waals surface area contributed by atoms with E-state index in [4.69, 9.17) is 11.6 Å². The van der Waals surface area contributed by atoms with Crippen molar-refractivity contribution in [1.82, 2.24) is 20.5 Å². The summed E-state index contributed by atoms with van der Waals surface area (Å²) in [5, 5.41) is 7.73. The number of aromatic nitrogens is 1. The number of guanidine groups is 1. The molecule has 0 saturated carbocycles. The van der Waals surface area contributed by atoms with Crippen molar-refractivity contribution in [1.29, 1.82) is 0 Å². The molecule has 0 bridgehead atoms. The standard InChI is InChI=1S/C21H35ClN6.HI/c1-23-21(25-11-4-2-5-13-27-14-6-3-7-15-27)26-18-10-16-28(17-18)20-19(22)9-8-12-24-20;/h8-9,12,18H,2-7,10-11,13-17H2,1H3,(H2,23,25,26);1H. The van der Waals surface area contributed by atoms with Crippen LogP contribution in [-0.4, -0.2) is 68.2 Å². The van der Waals surface area contributed by atoms with Gasteiger partial charge in [-0.1, -0.05) is 24.4 Å². The summed E-state index contributed by atoms with van der Waals surface area (Å²) in [6.07, 6.45) is 10.8. The van der Waals surface area contributed by atoms with Crippen LogP contribution in [0.4, 0.5) is 5.82 Å². The molecule has 0 aromatic carbocycles. The van der Waals surface area contributed by atoms with E-state index in [0.717, 1.165) is 42.9 Å². The Labute approximate surface area is 197 Å². The van der Waals surface area contributed by atoms with Gasteiger partial charge in [0.1, 0.15) is 5.82 Å². The van der Waals surface area contributed by atoms with Crippen molar-refractivity contribution in [3.05, 3.63) is 23.4 Å². The zero-order chi connectivity index (χ0) is 19.6. The van der Waals surface area contributed by atoms with Gasteiger partial charge < -0.3 is 20.4 Å². The summed E-state index contributed by atoms with van der Waals surface area (Å²) >= 11 is 6.28. The fourth-order valence-electron chi connectivity index (χ4n) is 4.10. The number of aliphatic imine (C=N–C) groups is 1. The van der Waals surface area contributed by atoms with Crippen molar-refractivity contribution in [3.8, 4) is 0 Å². The summed E-state index contributed by atoms with van der Waals surface area (Å²) < 4.78 is 0. The Morgan fingerprint density at radius 3 is 2.79 bits per heavy atom. The molecule has 1 atom stereocenters. The van der Waals surface area contributed by atoms with Gasteiger partial charge in [-0.25, -0.2) is 4.98 Å². The summed E-state index contributed by atoms with van der Waals surface area (Å²) in [6.45, 7) is 6.70. The lowest BCUT2D eigenvalue weighted by Crippen LogP contribution is -2.44. The maximum atomic E-state index is 6.28. The van der Waals surface area contributed by atoms with E-state index in [9.17, 15) is 0 Å². The van der Waals surface area contributed by atoms with Gasteiger partial charge in [0.25, 0.3) is 0 Å². The molecule has 1 aromatic rings. The number of likely N-dealkylation sites (tertiary alicyclic amines) is 1. The molecule has 6 nitrogen and oxygen atoms in total. The van der Waals surface area contributed by atoms with Crippen LogP contribution in [0, 0.1) is 0 Å². The largest absolute Gasteiger partial charge is 0.356 e. The number of hydrogen-bond donors (Lipinski definition) is 2. The molecule has 3 heterocycles. The minimum absolute atomic E-state index is 0. The number of pyridine rings is 1. The van der Waals surface area contributed by atoms with Crippen LogP contribution in [0.5, 0.6) is 0 Å². The zero-order valence-electron chi connectivity index (χ0n) is 17.6. The second-order valence-electron chi connectivity index (χ2n) is 7.85. The Bertz CT molecular complexity index is 623. The fourth-order valence-corrected chi connectivity index (χ4v) is 4.34. The van der Waals surface area contributed by atoms with Gasteiger partial charge in [0.15, 0.2) is 5.96 Å². The van der Waals surface area contributed by atoms with Gasteiger partial charge in [-0.05, 0) is 63.9 Å². The first kappa shape index (κ1) is 24.5. The summed E-state index contributed by atoms with van der Waals surface area (Å²) in [4.78, 5) is 13.7. The van der Waals surface area contributed by atoms with E-state index in [0.29, 0.717) is 6.04 Å². The summed E-state index contributed by atoms with van der Waals surface area (Å²) in [5.74, 6) is 1.78. The average Bonchev–Trinajstić information content (AvgIpc) is 3.19. The van der Waals surface area contributed by atoms with E-state index in [2.05, 4.69) is 30.4 Å². The highest BCUT2D eigenvalue weighted by molar-refractivity contribution is 14.0. The van der Waals surface area contributed by atoms with Crippen LogP contribution in [0.15, 0.2) is 23.3 Å². The molecular formula is C21H36ClIN6. The summed E-state index contributed by atoms with van der Waals surface area (Å²) in [5.41, 5.74) is 0. The Kier molecular flexibility index (Phi) is 11.4. The van der Waals surface area contributed by atoms with Crippen LogP contribution >= 0.6 is 35.6 Å². The van der Waals surface area contributed by atoms with Crippen molar-refractivity contribution in [2.75, 3.05) is 51.2 Å². The van der Waals surface area contributed by atoms with Crippen molar-refractivity contribution in [3.63, 3.8) is 0 Å². The van der Waals surface area contributed by atoms with E-state index in [1.807, 2.05) is 19.2 Å². The van der Waals surface area contributed by atoms with Crippen LogP contribution in [-0.2, 0) is 0 Å². The van der Waals surface area contributed by atoms with E-state index >= 15 is 0 Å². The Morgan fingerprint density at radius 1 is 1.21 bits per heavy atom. The van der Waals surface area contributed by atoms with Gasteiger partial charge in [-0.2, -0.15) is 0 Å². The Hall–Kier alpha value is -0.800. The third-order valence-electron chi connectivity index (χ3n) is 5.68. The first-order valence-electron chi connectivity index (χ1n) is 10.8. The molecule has 1 unspecified atom stereocenters. The first-order valence-corrected chi connectivity index (χ1v) is 11.2. The predicted molar refractivity (Wildman–Crippen MR) is 134 cm³/mol. The fraction of sp³-hybridized carbons (Fsp3) is 0.714. The molecule has 0 radical (unpaired) electrons. The SMILES string of the molecule is CN=C(NCCCCCN1CCCCC1)NC1CCN(c2ncccc2Cl)C1.I. The molecule has 0 spiro atoms. The number of unbranched alkanes of at least 4 members (excludes halogenated alkanes) is 2. The zero-order valence-corrected chi connectivity index (χ0v) is 20.7. The quantitative estimate of drug-likeness (QED) is 0.230. The van der Waals surface area contributed by atoms with Crippen molar-refractivity contribution in [2.45, 2.75) is 51.0 Å². The molecule has 3 rings (SSSR count). The number of halogens is 2. The molecule has 2 fully saturated rings. The van der Waals surface area contributed by atoms with Gasteiger partial charge in [-0.15, -0.1) is 24.0 Å². The van der Waals surface area contributed by atoms with Gasteiger partial charge >= 0.3 is 0 Å². The van der Waals surface area contributed by atoms with E-state index in [1.54, 1.807) is 6.20 Å². The smallest absolute Gasteiger partial charge is 0.191 e. The molecule has 164 valence electrons. The second kappa shape index (κ2) is 13.5.